The Morgan fingerprint density at radius 2 is 1.64 bits per heavy atom. The average Bonchev–Trinajstić information content (AvgIpc) is 3.72. The number of fused-ring (bicyclic) bond motifs is 5. The molecule has 0 aliphatic carbocycles. The van der Waals surface area contributed by atoms with E-state index in [0.717, 1.165) is 0 Å². The highest BCUT2D eigenvalue weighted by Crippen LogP contribution is 2.53. The van der Waals surface area contributed by atoms with Gasteiger partial charge in [-0.05, 0) is 6.42 Å². The zero-order chi connectivity index (χ0) is 31.8. The molecule has 0 aromatic carbocycles. The maximum Gasteiger partial charge on any atom is 0.472 e. The lowest BCUT2D eigenvalue weighted by atomic mass is 10.1. The first-order valence-electron chi connectivity index (χ1n) is 13.4. The van der Waals surface area contributed by atoms with Crippen molar-refractivity contribution in [3.8, 4) is 0 Å². The van der Waals surface area contributed by atoms with Crippen LogP contribution in [0.1, 0.15) is 18.9 Å². The van der Waals surface area contributed by atoms with E-state index in [1.54, 1.807) is 0 Å². The Bertz CT molecular complexity index is 1940. The number of hydrogen-bond donors (Lipinski definition) is 7. The molecule has 24 heteroatoms. The van der Waals surface area contributed by atoms with E-state index in [9.17, 15) is 28.8 Å². The highest BCUT2D eigenvalue weighted by atomic mass is 31.2. The lowest BCUT2D eigenvalue weighted by Crippen LogP contribution is -2.42. The molecule has 2 unspecified atom stereocenters. The molecule has 45 heavy (non-hydrogen) atoms. The van der Waals surface area contributed by atoms with Crippen LogP contribution in [0, 0.1) is 0 Å². The minimum absolute atomic E-state index is 0.0325. The number of nitrogen functional groups attached to an aromatic ring is 2. The monoisotopic (exact) mass is 671 g/mol. The molecule has 10 atom stereocenters. The van der Waals surface area contributed by atoms with E-state index >= 15 is 0 Å². The predicted octanol–water partition coefficient (Wildman–Crippen LogP) is -1.92. The number of aromatic nitrogens is 8. The summed E-state index contributed by atoms with van der Waals surface area (Å²) in [4.78, 5) is 56.5. The second-order valence-corrected chi connectivity index (χ2v) is 13.9. The largest absolute Gasteiger partial charge is 0.472 e. The van der Waals surface area contributed by atoms with E-state index in [4.69, 9.17) is 40.2 Å². The van der Waals surface area contributed by atoms with Gasteiger partial charge < -0.3 is 41.6 Å². The molecule has 242 valence electrons. The van der Waals surface area contributed by atoms with E-state index in [2.05, 4.69) is 29.9 Å². The first-order valence-corrected chi connectivity index (χ1v) is 16.6. The number of nitrogens with one attached hydrogen (secondary N) is 1. The van der Waals surface area contributed by atoms with E-state index in [0.29, 0.717) is 0 Å². The highest BCUT2D eigenvalue weighted by Gasteiger charge is 2.53. The third-order valence-corrected chi connectivity index (χ3v) is 10.1. The van der Waals surface area contributed by atoms with Gasteiger partial charge in [-0.25, -0.2) is 24.5 Å². The van der Waals surface area contributed by atoms with Gasteiger partial charge in [0, 0.05) is 0 Å². The zero-order valence-corrected chi connectivity index (χ0v) is 24.6. The number of H-pyrrole nitrogens is 1. The molecule has 4 aromatic heterocycles. The smallest absolute Gasteiger partial charge is 0.386 e. The van der Waals surface area contributed by atoms with Crippen LogP contribution in [-0.4, -0.2) is 103 Å². The standard InChI is InChI=1S/C21H27N11O11P2/c22-9-8-3-39-45(37,38)43-13-7(40-19(12(13)33)31-5-27-10-15(23)25-4-26-16(10)31)1-2-44(35,36)42-14(9)20(41-8)32-6-28-11-17(32)29-21(24)30-18(11)34/h4-9,12-14,19-20,33H,1-3,22H2,(H,35,36)(H,37,38)(H2,23,25,26)(H3,24,29,30,34)/t7-,8-,9-,12-,13-,14-,19-,20-/m1/s1. The second kappa shape index (κ2) is 10.9. The number of aliphatic hydroxyl groups excluding tert-OH is 1. The van der Waals surface area contributed by atoms with Crippen molar-refractivity contribution in [1.29, 1.82) is 0 Å². The van der Waals surface area contributed by atoms with Crippen molar-refractivity contribution in [2.75, 3.05) is 24.2 Å². The van der Waals surface area contributed by atoms with Crippen molar-refractivity contribution < 1.29 is 47.1 Å². The van der Waals surface area contributed by atoms with Gasteiger partial charge in [0.25, 0.3) is 5.56 Å². The van der Waals surface area contributed by atoms with E-state index in [1.165, 1.54) is 28.1 Å². The number of aliphatic hydroxyl groups is 1. The van der Waals surface area contributed by atoms with Gasteiger partial charge in [0.05, 0.1) is 37.6 Å². The normalized spacial score (nSPS) is 37.7. The summed E-state index contributed by atoms with van der Waals surface area (Å²) in [6.45, 7) is -0.649. The van der Waals surface area contributed by atoms with Gasteiger partial charge in [-0.3, -0.25) is 37.0 Å². The molecule has 0 radical (unpaired) electrons. The fourth-order valence-corrected chi connectivity index (χ4v) is 7.90. The number of rotatable bonds is 2. The molecule has 0 spiro atoms. The summed E-state index contributed by atoms with van der Waals surface area (Å²) in [5.74, 6) is -0.159. The molecule has 3 fully saturated rings. The summed E-state index contributed by atoms with van der Waals surface area (Å²) in [7, 11) is -9.49. The van der Waals surface area contributed by atoms with Crippen molar-refractivity contribution in [2.24, 2.45) is 5.73 Å². The summed E-state index contributed by atoms with van der Waals surface area (Å²) in [6, 6.07) is -1.19. The molecular weight excluding hydrogens is 644 g/mol. The number of phosphoric acid groups is 1. The summed E-state index contributed by atoms with van der Waals surface area (Å²) in [6.07, 6.45) is -6.67. The summed E-state index contributed by atoms with van der Waals surface area (Å²) < 4.78 is 57.4. The van der Waals surface area contributed by atoms with Gasteiger partial charge in [0.1, 0.15) is 36.3 Å². The molecule has 3 saturated heterocycles. The van der Waals surface area contributed by atoms with Gasteiger partial charge in [0.15, 0.2) is 35.1 Å². The minimum Gasteiger partial charge on any atom is -0.386 e. The minimum atomic E-state index is -4.95. The van der Waals surface area contributed by atoms with Crippen molar-refractivity contribution >= 4 is 49.5 Å². The SMILES string of the molecule is Nc1nc2c(ncn2[C@@H]2O[C@@H]3COP(=O)(O)O[C@H]4[C@@H](O)[C@H](n5cnc6c(N)ncnc65)O[C@@H]4CCP(=O)(O)O[C@@H]2[C@@H]3N)c(=O)[nH]1. The molecule has 3 aliphatic heterocycles. The Hall–Kier alpha value is -3.40. The first-order chi connectivity index (χ1) is 21.3. The highest BCUT2D eigenvalue weighted by molar-refractivity contribution is 7.52. The molecule has 0 amide bonds. The topological polar surface area (TPSA) is 326 Å². The molecule has 2 bridgehead atoms. The lowest BCUT2D eigenvalue weighted by Gasteiger charge is -2.26. The van der Waals surface area contributed by atoms with Crippen LogP contribution < -0.4 is 22.8 Å². The van der Waals surface area contributed by atoms with Crippen LogP contribution in [0.15, 0.2) is 23.8 Å². The van der Waals surface area contributed by atoms with E-state index in [1.807, 2.05) is 0 Å². The summed E-state index contributed by atoms with van der Waals surface area (Å²) >= 11 is 0. The molecule has 3 aliphatic rings. The number of anilines is 2. The maximum absolute atomic E-state index is 13.5. The Balaban J connectivity index is 1.21. The van der Waals surface area contributed by atoms with Gasteiger partial charge in [0.2, 0.25) is 5.95 Å². The van der Waals surface area contributed by atoms with Crippen LogP contribution in [0.4, 0.5) is 11.8 Å². The van der Waals surface area contributed by atoms with Gasteiger partial charge >= 0.3 is 15.4 Å². The number of nitrogens with zero attached hydrogens (tertiary/aromatic N) is 7. The van der Waals surface area contributed by atoms with E-state index < -0.39 is 82.8 Å². The molecule has 7 heterocycles. The van der Waals surface area contributed by atoms with Crippen LogP contribution in [0.3, 0.4) is 0 Å². The number of nitrogens with two attached hydrogens (primary N) is 3. The molecule has 7 rings (SSSR count). The number of imidazole rings is 2. The molecular formula is C21H27N11O11P2. The number of phosphoric ester groups is 1. The maximum atomic E-state index is 13.5. The van der Waals surface area contributed by atoms with Crippen LogP contribution in [-0.2, 0) is 32.2 Å². The van der Waals surface area contributed by atoms with Crippen LogP contribution in [0.2, 0.25) is 0 Å². The molecule has 0 saturated carbocycles. The van der Waals surface area contributed by atoms with Gasteiger partial charge in [-0.15, -0.1) is 0 Å². The number of hydrogen-bond acceptors (Lipinski definition) is 17. The Labute approximate surface area is 250 Å². The first kappa shape index (κ1) is 30.3. The molecule has 4 aromatic rings. The zero-order valence-electron chi connectivity index (χ0n) is 22.8. The van der Waals surface area contributed by atoms with Crippen molar-refractivity contribution in [1.82, 2.24) is 39.0 Å². The number of ether oxygens (including phenoxy) is 2. The van der Waals surface area contributed by atoms with Crippen LogP contribution >= 0.6 is 15.4 Å². The number of aromatic amines is 1. The molecule has 22 nitrogen and oxygen atoms in total. The van der Waals surface area contributed by atoms with Crippen molar-refractivity contribution in [3.05, 3.63) is 29.3 Å². The summed E-state index contributed by atoms with van der Waals surface area (Å²) in [5.41, 5.74) is 17.5. The van der Waals surface area contributed by atoms with Gasteiger partial charge in [-0.2, -0.15) is 4.98 Å². The van der Waals surface area contributed by atoms with Crippen LogP contribution in [0.5, 0.6) is 0 Å². The summed E-state index contributed by atoms with van der Waals surface area (Å²) in [5, 5.41) is 11.2. The third-order valence-electron chi connectivity index (χ3n) is 7.74. The lowest BCUT2D eigenvalue weighted by molar-refractivity contribution is -0.0516. The van der Waals surface area contributed by atoms with Crippen LogP contribution in [0.25, 0.3) is 22.3 Å². The molecule has 10 N–H and O–H groups in total. The van der Waals surface area contributed by atoms with Gasteiger partial charge in [-0.1, -0.05) is 0 Å². The second-order valence-electron chi connectivity index (χ2n) is 10.6. The third kappa shape index (κ3) is 5.32. The Morgan fingerprint density at radius 1 is 0.933 bits per heavy atom. The fraction of sp³-hybridized carbons (Fsp3) is 0.524. The Morgan fingerprint density at radius 3 is 2.42 bits per heavy atom. The quantitative estimate of drug-likeness (QED) is 0.114. The Kier molecular flexibility index (Phi) is 7.30. The van der Waals surface area contributed by atoms with E-state index in [-0.39, 0.29) is 40.5 Å². The predicted molar refractivity (Wildman–Crippen MR) is 149 cm³/mol. The fourth-order valence-electron chi connectivity index (χ4n) is 5.63. The average molecular weight is 671 g/mol. The van der Waals surface area contributed by atoms with Crippen molar-refractivity contribution in [3.63, 3.8) is 0 Å². The van der Waals surface area contributed by atoms with Crippen molar-refractivity contribution in [2.45, 2.75) is 55.4 Å².